The molecule has 0 fully saturated rings. The van der Waals surface area contributed by atoms with E-state index >= 15 is 0 Å². The van der Waals surface area contributed by atoms with Crippen LogP contribution in [0, 0.1) is 0 Å². The molecule has 1 aromatic heterocycles. The van der Waals surface area contributed by atoms with Crippen LogP contribution in [0.25, 0.3) is 21.9 Å². The molecule has 0 saturated carbocycles. The smallest absolute Gasteiger partial charge is 0.204 e. The first-order valence-electron chi connectivity index (χ1n) is 11.2. The number of phenols is 3. The average Bonchev–Trinajstić information content (AvgIpc) is 2.73. The predicted octanol–water partition coefficient (Wildman–Crippen LogP) is 6.81. The van der Waals surface area contributed by atoms with E-state index in [0.717, 1.165) is 24.0 Å². The van der Waals surface area contributed by atoms with Gasteiger partial charge in [-0.3, -0.25) is 4.79 Å². The Morgan fingerprint density at radius 2 is 1.52 bits per heavy atom. The molecule has 0 spiro atoms. The SMILES string of the molecule is CC(C)=CCC/C(C)=C/Cc1c(O)c(CC=C(C)C)c2oc3c(O)cccc3c(=O)c2c1O. The third-order valence-electron chi connectivity index (χ3n) is 5.73. The minimum atomic E-state index is -0.441. The minimum absolute atomic E-state index is 0.0219. The Hall–Kier alpha value is -3.47. The number of hydrogen-bond donors (Lipinski definition) is 3. The van der Waals surface area contributed by atoms with E-state index in [2.05, 4.69) is 19.9 Å². The summed E-state index contributed by atoms with van der Waals surface area (Å²) in [6.07, 6.45) is 8.47. The third kappa shape index (κ3) is 5.14. The highest BCUT2D eigenvalue weighted by molar-refractivity contribution is 5.98. The van der Waals surface area contributed by atoms with Gasteiger partial charge in [0.05, 0.1) is 5.39 Å². The highest BCUT2D eigenvalue weighted by Crippen LogP contribution is 2.41. The summed E-state index contributed by atoms with van der Waals surface area (Å²) < 4.78 is 5.92. The Morgan fingerprint density at radius 1 is 0.848 bits per heavy atom. The first-order chi connectivity index (χ1) is 15.6. The van der Waals surface area contributed by atoms with Crippen LogP contribution in [0.2, 0.25) is 0 Å². The molecule has 0 saturated heterocycles. The summed E-state index contributed by atoms with van der Waals surface area (Å²) in [6.45, 7) is 10.0. The molecule has 2 aromatic carbocycles. The van der Waals surface area contributed by atoms with Crippen LogP contribution in [0.4, 0.5) is 0 Å². The molecule has 0 aliphatic heterocycles. The number of rotatable bonds is 7. The molecule has 0 unspecified atom stereocenters. The van der Waals surface area contributed by atoms with Gasteiger partial charge >= 0.3 is 0 Å². The Morgan fingerprint density at radius 3 is 2.18 bits per heavy atom. The van der Waals surface area contributed by atoms with Gasteiger partial charge in [-0.2, -0.15) is 0 Å². The lowest BCUT2D eigenvalue weighted by atomic mass is 9.95. The van der Waals surface area contributed by atoms with E-state index in [4.69, 9.17) is 4.42 Å². The van der Waals surface area contributed by atoms with Crippen LogP contribution >= 0.6 is 0 Å². The minimum Gasteiger partial charge on any atom is -0.507 e. The Balaban J connectivity index is 2.23. The van der Waals surface area contributed by atoms with Crippen molar-refractivity contribution in [3.63, 3.8) is 0 Å². The fourth-order valence-corrected chi connectivity index (χ4v) is 3.84. The van der Waals surface area contributed by atoms with Crippen molar-refractivity contribution in [1.29, 1.82) is 0 Å². The quantitative estimate of drug-likeness (QED) is 0.273. The van der Waals surface area contributed by atoms with Gasteiger partial charge < -0.3 is 19.7 Å². The molecule has 3 aromatic rings. The molecule has 1 heterocycles. The van der Waals surface area contributed by atoms with Gasteiger partial charge in [0.2, 0.25) is 5.43 Å². The summed E-state index contributed by atoms with van der Waals surface area (Å²) in [5, 5.41) is 32.6. The van der Waals surface area contributed by atoms with Gasteiger partial charge in [0.15, 0.2) is 11.3 Å². The van der Waals surface area contributed by atoms with Crippen LogP contribution in [0.1, 0.15) is 58.6 Å². The van der Waals surface area contributed by atoms with E-state index in [-0.39, 0.29) is 45.6 Å². The number of allylic oxidation sites excluding steroid dienone is 6. The first kappa shape index (κ1) is 24.2. The molecule has 0 amide bonds. The summed E-state index contributed by atoms with van der Waals surface area (Å²) in [5.41, 5.74) is 3.84. The van der Waals surface area contributed by atoms with Crippen molar-refractivity contribution in [2.24, 2.45) is 0 Å². The lowest BCUT2D eigenvalue weighted by Crippen LogP contribution is -2.06. The van der Waals surface area contributed by atoms with Gasteiger partial charge in [0.25, 0.3) is 0 Å². The number of para-hydroxylation sites is 1. The molecular formula is C28H32O5. The summed E-state index contributed by atoms with van der Waals surface area (Å²) in [6, 6.07) is 4.54. The fourth-order valence-electron chi connectivity index (χ4n) is 3.84. The van der Waals surface area contributed by atoms with Crippen molar-refractivity contribution in [3.05, 3.63) is 74.5 Å². The maximum atomic E-state index is 13.3. The molecule has 3 rings (SSSR count). The van der Waals surface area contributed by atoms with Gasteiger partial charge in [-0.05, 0) is 72.4 Å². The Bertz CT molecular complexity index is 1340. The average molecular weight is 449 g/mol. The van der Waals surface area contributed by atoms with Crippen molar-refractivity contribution in [2.45, 2.75) is 60.3 Å². The molecule has 0 bridgehead atoms. The van der Waals surface area contributed by atoms with E-state index in [1.165, 1.54) is 11.6 Å². The number of aromatic hydroxyl groups is 3. The van der Waals surface area contributed by atoms with Crippen molar-refractivity contribution in [3.8, 4) is 17.2 Å². The van der Waals surface area contributed by atoms with Gasteiger partial charge in [0, 0.05) is 11.1 Å². The summed E-state index contributed by atoms with van der Waals surface area (Å²) in [4.78, 5) is 13.3. The molecule has 0 aliphatic rings. The van der Waals surface area contributed by atoms with Gasteiger partial charge in [-0.1, -0.05) is 41.0 Å². The lowest BCUT2D eigenvalue weighted by Gasteiger charge is -2.15. The van der Waals surface area contributed by atoms with Crippen LogP contribution in [0.3, 0.4) is 0 Å². The van der Waals surface area contributed by atoms with Crippen LogP contribution in [-0.4, -0.2) is 15.3 Å². The zero-order valence-corrected chi connectivity index (χ0v) is 20.0. The van der Waals surface area contributed by atoms with E-state index in [1.807, 2.05) is 32.9 Å². The standard InChI is InChI=1S/C28H32O5/c1-16(2)8-6-9-18(5)13-15-19-24(30)21(14-12-17(3)4)28-23(25(19)31)26(32)20-10-7-11-22(29)27(20)33-28/h7-8,10-13,29-31H,6,9,14-15H2,1-5H3/b18-13+. The third-order valence-corrected chi connectivity index (χ3v) is 5.73. The first-order valence-corrected chi connectivity index (χ1v) is 11.2. The van der Waals surface area contributed by atoms with E-state index in [1.54, 1.807) is 12.1 Å². The van der Waals surface area contributed by atoms with Crippen molar-refractivity contribution in [2.75, 3.05) is 0 Å². The van der Waals surface area contributed by atoms with Crippen molar-refractivity contribution < 1.29 is 19.7 Å². The molecule has 0 aliphatic carbocycles. The molecule has 0 atom stereocenters. The normalized spacial score (nSPS) is 11.7. The highest BCUT2D eigenvalue weighted by Gasteiger charge is 2.23. The summed E-state index contributed by atoms with van der Waals surface area (Å²) in [5.74, 6) is -0.544. The largest absolute Gasteiger partial charge is 0.507 e. The monoisotopic (exact) mass is 448 g/mol. The van der Waals surface area contributed by atoms with Crippen LogP contribution in [0.5, 0.6) is 17.2 Å². The molecular weight excluding hydrogens is 416 g/mol. The number of fused-ring (bicyclic) bond motifs is 2. The Kier molecular flexibility index (Phi) is 7.32. The fraction of sp³-hybridized carbons (Fsp3) is 0.321. The van der Waals surface area contributed by atoms with Crippen molar-refractivity contribution in [1.82, 2.24) is 0 Å². The van der Waals surface area contributed by atoms with E-state index < -0.39 is 5.43 Å². The van der Waals surface area contributed by atoms with Gasteiger partial charge in [-0.25, -0.2) is 0 Å². The van der Waals surface area contributed by atoms with Crippen LogP contribution in [0.15, 0.2) is 62.4 Å². The van der Waals surface area contributed by atoms with Gasteiger partial charge in [0.1, 0.15) is 22.5 Å². The predicted molar refractivity (Wildman–Crippen MR) is 134 cm³/mol. The lowest BCUT2D eigenvalue weighted by molar-refractivity contribution is 0.438. The van der Waals surface area contributed by atoms with Crippen molar-refractivity contribution >= 4 is 21.9 Å². The van der Waals surface area contributed by atoms with E-state index in [9.17, 15) is 20.1 Å². The molecule has 5 heteroatoms. The maximum absolute atomic E-state index is 13.3. The highest BCUT2D eigenvalue weighted by atomic mass is 16.4. The molecule has 174 valence electrons. The number of benzene rings is 2. The topological polar surface area (TPSA) is 90.9 Å². The second-order valence-electron chi connectivity index (χ2n) is 9.00. The van der Waals surface area contributed by atoms with Crippen LogP contribution in [-0.2, 0) is 12.8 Å². The zero-order valence-electron chi connectivity index (χ0n) is 20.0. The molecule has 33 heavy (non-hydrogen) atoms. The molecule has 0 radical (unpaired) electrons. The second kappa shape index (κ2) is 9.99. The number of phenolic OH excluding ortho intramolecular Hbond substituents is 3. The van der Waals surface area contributed by atoms with Crippen LogP contribution < -0.4 is 5.43 Å². The summed E-state index contributed by atoms with van der Waals surface area (Å²) in [7, 11) is 0. The molecule has 3 N–H and O–H groups in total. The maximum Gasteiger partial charge on any atom is 0.204 e. The summed E-state index contributed by atoms with van der Waals surface area (Å²) >= 11 is 0. The molecule has 5 nitrogen and oxygen atoms in total. The number of hydrogen-bond acceptors (Lipinski definition) is 5. The van der Waals surface area contributed by atoms with Gasteiger partial charge in [-0.15, -0.1) is 0 Å². The van der Waals surface area contributed by atoms with E-state index in [0.29, 0.717) is 17.5 Å². The second-order valence-corrected chi connectivity index (χ2v) is 9.00. The Labute approximate surface area is 194 Å². The zero-order chi connectivity index (χ0) is 24.3.